The Morgan fingerprint density at radius 3 is 2.42 bits per heavy atom. The van der Waals surface area contributed by atoms with E-state index in [2.05, 4.69) is 29.7 Å². The third-order valence-corrected chi connectivity index (χ3v) is 3.75. The zero-order valence-electron chi connectivity index (χ0n) is 12.6. The molecule has 0 aromatic carbocycles. The molecule has 0 spiro atoms. The van der Waals surface area contributed by atoms with E-state index < -0.39 is 0 Å². The summed E-state index contributed by atoms with van der Waals surface area (Å²) >= 11 is 0. The van der Waals surface area contributed by atoms with Gasteiger partial charge in [-0.25, -0.2) is 0 Å². The third kappa shape index (κ3) is 6.38. The van der Waals surface area contributed by atoms with Crippen molar-refractivity contribution in [2.24, 2.45) is 0 Å². The lowest BCUT2D eigenvalue weighted by Gasteiger charge is -2.36. The van der Waals surface area contributed by atoms with Gasteiger partial charge in [-0.3, -0.25) is 9.80 Å². The fraction of sp³-hybridized carbons (Fsp3) is 0.933. The maximum Gasteiger partial charge on any atom is 0.0978 e. The van der Waals surface area contributed by atoms with Gasteiger partial charge in [0.25, 0.3) is 0 Å². The largest absolute Gasteiger partial charge is 0.380 e. The van der Waals surface area contributed by atoms with Crippen LogP contribution in [0.25, 0.3) is 0 Å². The van der Waals surface area contributed by atoms with Crippen molar-refractivity contribution >= 4 is 0 Å². The van der Waals surface area contributed by atoms with Crippen LogP contribution in [-0.2, 0) is 4.74 Å². The van der Waals surface area contributed by atoms with E-state index in [9.17, 15) is 5.26 Å². The number of unbranched alkanes of at least 4 members (excludes halogenated alkanes) is 1. The van der Waals surface area contributed by atoms with E-state index in [1.807, 2.05) is 0 Å². The lowest BCUT2D eigenvalue weighted by atomic mass is 10.1. The van der Waals surface area contributed by atoms with Crippen LogP contribution >= 0.6 is 0 Å². The van der Waals surface area contributed by atoms with Crippen molar-refractivity contribution in [2.75, 3.05) is 45.9 Å². The van der Waals surface area contributed by atoms with Gasteiger partial charge < -0.3 is 4.74 Å². The standard InChI is InChI=1S/C15H29N3O/c1-3-5-12-19-13-11-17-7-9-18(10-8-17)15(14-16)6-4-2/h15H,3-13H2,1-2H3. The summed E-state index contributed by atoms with van der Waals surface area (Å²) in [5.74, 6) is 0. The van der Waals surface area contributed by atoms with Crippen molar-refractivity contribution in [1.29, 1.82) is 5.26 Å². The fourth-order valence-electron chi connectivity index (χ4n) is 2.44. The molecular weight excluding hydrogens is 238 g/mol. The number of hydrogen-bond acceptors (Lipinski definition) is 4. The number of piperazine rings is 1. The molecule has 4 heteroatoms. The predicted molar refractivity (Wildman–Crippen MR) is 78.0 cm³/mol. The summed E-state index contributed by atoms with van der Waals surface area (Å²) in [5.41, 5.74) is 0. The molecule has 1 heterocycles. The van der Waals surface area contributed by atoms with Gasteiger partial charge in [-0.15, -0.1) is 0 Å². The van der Waals surface area contributed by atoms with Crippen LogP contribution in [0.15, 0.2) is 0 Å². The SMILES string of the molecule is CCCCOCCN1CCN(C(C#N)CCC)CC1. The normalized spacial score (nSPS) is 19.2. The highest BCUT2D eigenvalue weighted by Gasteiger charge is 2.22. The quantitative estimate of drug-likeness (QED) is 0.600. The second kappa shape index (κ2) is 10.2. The van der Waals surface area contributed by atoms with Crippen LogP contribution in [0.5, 0.6) is 0 Å². The van der Waals surface area contributed by atoms with Crippen molar-refractivity contribution in [2.45, 2.75) is 45.6 Å². The number of ether oxygens (including phenoxy) is 1. The molecule has 1 unspecified atom stereocenters. The topological polar surface area (TPSA) is 39.5 Å². The molecule has 0 aliphatic carbocycles. The summed E-state index contributed by atoms with van der Waals surface area (Å²) < 4.78 is 5.60. The van der Waals surface area contributed by atoms with Crippen LogP contribution in [-0.4, -0.2) is 61.8 Å². The molecule has 0 N–H and O–H groups in total. The maximum atomic E-state index is 9.17. The van der Waals surface area contributed by atoms with E-state index >= 15 is 0 Å². The van der Waals surface area contributed by atoms with Crippen molar-refractivity contribution in [3.05, 3.63) is 0 Å². The zero-order valence-corrected chi connectivity index (χ0v) is 12.6. The molecule has 19 heavy (non-hydrogen) atoms. The molecule has 0 aromatic rings. The van der Waals surface area contributed by atoms with Crippen molar-refractivity contribution in [3.8, 4) is 6.07 Å². The molecule has 0 bridgehead atoms. The monoisotopic (exact) mass is 267 g/mol. The van der Waals surface area contributed by atoms with E-state index in [1.165, 1.54) is 6.42 Å². The lowest BCUT2D eigenvalue weighted by Crippen LogP contribution is -2.50. The number of nitriles is 1. The predicted octanol–water partition coefficient (Wildman–Crippen LogP) is 2.11. The molecular formula is C15H29N3O. The van der Waals surface area contributed by atoms with Gasteiger partial charge in [0.15, 0.2) is 0 Å². The molecule has 0 saturated carbocycles. The van der Waals surface area contributed by atoms with Gasteiger partial charge in [-0.05, 0) is 12.8 Å². The first kappa shape index (κ1) is 16.4. The molecule has 1 aliphatic heterocycles. The van der Waals surface area contributed by atoms with Gasteiger partial charge in [0.05, 0.1) is 18.7 Å². The van der Waals surface area contributed by atoms with Crippen molar-refractivity contribution in [1.82, 2.24) is 9.80 Å². The van der Waals surface area contributed by atoms with Crippen LogP contribution in [0.2, 0.25) is 0 Å². The van der Waals surface area contributed by atoms with Crippen molar-refractivity contribution < 1.29 is 4.74 Å². The molecule has 1 saturated heterocycles. The van der Waals surface area contributed by atoms with Gasteiger partial charge >= 0.3 is 0 Å². The first-order valence-electron chi connectivity index (χ1n) is 7.75. The molecule has 4 nitrogen and oxygen atoms in total. The molecule has 0 amide bonds. The van der Waals surface area contributed by atoms with Crippen molar-refractivity contribution in [3.63, 3.8) is 0 Å². The summed E-state index contributed by atoms with van der Waals surface area (Å²) in [7, 11) is 0. The molecule has 0 aromatic heterocycles. The molecule has 1 atom stereocenters. The zero-order chi connectivity index (χ0) is 13.9. The van der Waals surface area contributed by atoms with Crippen LogP contribution < -0.4 is 0 Å². The fourth-order valence-corrected chi connectivity index (χ4v) is 2.44. The summed E-state index contributed by atoms with van der Waals surface area (Å²) in [6.45, 7) is 11.3. The molecule has 1 fully saturated rings. The second-order valence-corrected chi connectivity index (χ2v) is 5.28. The van der Waals surface area contributed by atoms with Gasteiger partial charge in [-0.2, -0.15) is 5.26 Å². The Morgan fingerprint density at radius 2 is 1.84 bits per heavy atom. The van der Waals surface area contributed by atoms with Gasteiger partial charge in [-0.1, -0.05) is 26.7 Å². The van der Waals surface area contributed by atoms with E-state index in [1.54, 1.807) is 0 Å². The van der Waals surface area contributed by atoms with Gasteiger partial charge in [0, 0.05) is 39.3 Å². The second-order valence-electron chi connectivity index (χ2n) is 5.28. The average Bonchev–Trinajstić information content (AvgIpc) is 2.45. The van der Waals surface area contributed by atoms with E-state index in [0.29, 0.717) is 0 Å². The van der Waals surface area contributed by atoms with Crippen LogP contribution in [0.4, 0.5) is 0 Å². The first-order chi connectivity index (χ1) is 9.31. The van der Waals surface area contributed by atoms with Crippen LogP contribution in [0.1, 0.15) is 39.5 Å². The van der Waals surface area contributed by atoms with Crippen LogP contribution in [0.3, 0.4) is 0 Å². The van der Waals surface area contributed by atoms with Gasteiger partial charge in [0.2, 0.25) is 0 Å². The Labute approximate surface area is 118 Å². The number of nitrogens with zero attached hydrogens (tertiary/aromatic N) is 3. The molecule has 1 aliphatic rings. The summed E-state index contributed by atoms with van der Waals surface area (Å²) in [6.07, 6.45) is 4.45. The van der Waals surface area contributed by atoms with E-state index in [-0.39, 0.29) is 6.04 Å². The Bertz CT molecular complexity index is 257. The Balaban J connectivity index is 2.13. The maximum absolute atomic E-state index is 9.17. The number of rotatable bonds is 9. The highest BCUT2D eigenvalue weighted by atomic mass is 16.5. The molecule has 1 rings (SSSR count). The highest BCUT2D eigenvalue weighted by molar-refractivity contribution is 4.93. The highest BCUT2D eigenvalue weighted by Crippen LogP contribution is 2.10. The lowest BCUT2D eigenvalue weighted by molar-refractivity contribution is 0.0667. The third-order valence-electron chi connectivity index (χ3n) is 3.75. The van der Waals surface area contributed by atoms with Crippen LogP contribution in [0, 0.1) is 11.3 Å². The smallest absolute Gasteiger partial charge is 0.0978 e. The Morgan fingerprint density at radius 1 is 1.11 bits per heavy atom. The Kier molecular flexibility index (Phi) is 8.81. The summed E-state index contributed by atoms with van der Waals surface area (Å²) in [6, 6.07) is 2.56. The minimum absolute atomic E-state index is 0.118. The average molecular weight is 267 g/mol. The minimum atomic E-state index is 0.118. The van der Waals surface area contributed by atoms with Gasteiger partial charge in [0.1, 0.15) is 0 Å². The molecule has 110 valence electrons. The Hall–Kier alpha value is -0.630. The summed E-state index contributed by atoms with van der Waals surface area (Å²) in [4.78, 5) is 4.78. The molecule has 0 radical (unpaired) electrons. The van der Waals surface area contributed by atoms with E-state index in [0.717, 1.165) is 65.2 Å². The summed E-state index contributed by atoms with van der Waals surface area (Å²) in [5, 5.41) is 9.17. The minimum Gasteiger partial charge on any atom is -0.380 e. The first-order valence-corrected chi connectivity index (χ1v) is 7.75. The number of hydrogen-bond donors (Lipinski definition) is 0. The van der Waals surface area contributed by atoms with E-state index in [4.69, 9.17) is 4.74 Å².